The zero-order chi connectivity index (χ0) is 14.4. The molecular weight excluding hydrogens is 258 g/mol. The van der Waals surface area contributed by atoms with E-state index in [1.54, 1.807) is 0 Å². The molecule has 1 aromatic heterocycles. The molecule has 106 valence electrons. The molecule has 2 atom stereocenters. The molecule has 1 heterocycles. The van der Waals surface area contributed by atoms with Crippen LogP contribution in [0.25, 0.3) is 5.57 Å². The van der Waals surface area contributed by atoms with Gasteiger partial charge in [0, 0.05) is 28.7 Å². The second-order valence-corrected chi connectivity index (χ2v) is 6.12. The maximum atomic E-state index is 5.93. The number of fused-ring (bicyclic) bond motifs is 5. The molecule has 21 heavy (non-hydrogen) atoms. The summed E-state index contributed by atoms with van der Waals surface area (Å²) < 4.78 is 5.93. The van der Waals surface area contributed by atoms with Crippen molar-refractivity contribution in [2.75, 3.05) is 0 Å². The molecule has 0 amide bonds. The fourth-order valence-corrected chi connectivity index (χ4v) is 3.68. The SMILES string of the molecule is CC(C)=Nc1coc2c1C1C=CC=CC1C1=C2C=CCC1. The van der Waals surface area contributed by atoms with Gasteiger partial charge in [-0.2, -0.15) is 0 Å². The minimum atomic E-state index is 0.368. The lowest BCUT2D eigenvalue weighted by Crippen LogP contribution is -2.20. The molecule has 2 nitrogen and oxygen atoms in total. The van der Waals surface area contributed by atoms with Crippen molar-refractivity contribution < 1.29 is 4.42 Å². The van der Waals surface area contributed by atoms with E-state index >= 15 is 0 Å². The van der Waals surface area contributed by atoms with Crippen molar-refractivity contribution in [3.63, 3.8) is 0 Å². The number of rotatable bonds is 1. The molecule has 0 aliphatic heterocycles. The Kier molecular flexibility index (Phi) is 2.85. The summed E-state index contributed by atoms with van der Waals surface area (Å²) in [5.41, 5.74) is 6.11. The number of nitrogens with zero attached hydrogens (tertiary/aromatic N) is 1. The first kappa shape index (κ1) is 12.6. The van der Waals surface area contributed by atoms with E-state index in [4.69, 9.17) is 4.42 Å². The first-order chi connectivity index (χ1) is 10.3. The van der Waals surface area contributed by atoms with Gasteiger partial charge in [0.2, 0.25) is 0 Å². The van der Waals surface area contributed by atoms with Crippen molar-refractivity contribution in [1.82, 2.24) is 0 Å². The normalized spacial score (nSPS) is 25.4. The van der Waals surface area contributed by atoms with E-state index < -0.39 is 0 Å². The van der Waals surface area contributed by atoms with Crippen LogP contribution < -0.4 is 0 Å². The second kappa shape index (κ2) is 4.73. The Morgan fingerprint density at radius 2 is 2.00 bits per heavy atom. The minimum Gasteiger partial charge on any atom is -0.462 e. The summed E-state index contributed by atoms with van der Waals surface area (Å²) in [5.74, 6) is 1.86. The van der Waals surface area contributed by atoms with Crippen LogP contribution in [0, 0.1) is 5.92 Å². The Morgan fingerprint density at radius 3 is 2.81 bits per heavy atom. The molecule has 0 saturated carbocycles. The van der Waals surface area contributed by atoms with E-state index in [9.17, 15) is 0 Å². The van der Waals surface area contributed by atoms with Gasteiger partial charge in [0.15, 0.2) is 0 Å². The van der Waals surface area contributed by atoms with Gasteiger partial charge in [-0.3, -0.25) is 4.99 Å². The lowest BCUT2D eigenvalue weighted by molar-refractivity contribution is 0.526. The zero-order valence-electron chi connectivity index (χ0n) is 12.5. The highest BCUT2D eigenvalue weighted by molar-refractivity contribution is 5.86. The Balaban J connectivity index is 1.96. The van der Waals surface area contributed by atoms with Crippen LogP contribution in [0.2, 0.25) is 0 Å². The van der Waals surface area contributed by atoms with Crippen LogP contribution in [-0.4, -0.2) is 5.71 Å². The highest BCUT2D eigenvalue weighted by Gasteiger charge is 2.37. The highest BCUT2D eigenvalue weighted by atomic mass is 16.3. The van der Waals surface area contributed by atoms with Crippen LogP contribution in [0.3, 0.4) is 0 Å². The molecule has 3 aliphatic carbocycles. The average molecular weight is 277 g/mol. The molecule has 2 unspecified atom stereocenters. The van der Waals surface area contributed by atoms with Crippen LogP contribution in [0.4, 0.5) is 5.69 Å². The Hall–Kier alpha value is -2.09. The topological polar surface area (TPSA) is 25.5 Å². The Bertz CT molecular complexity index is 736. The summed E-state index contributed by atoms with van der Waals surface area (Å²) in [6.07, 6.45) is 17.5. The average Bonchev–Trinajstić information content (AvgIpc) is 2.91. The maximum Gasteiger partial charge on any atom is 0.139 e. The first-order valence-electron chi connectivity index (χ1n) is 7.64. The molecule has 2 heteroatoms. The zero-order valence-corrected chi connectivity index (χ0v) is 12.5. The van der Waals surface area contributed by atoms with Gasteiger partial charge < -0.3 is 4.42 Å². The minimum absolute atomic E-state index is 0.368. The third-order valence-electron chi connectivity index (χ3n) is 4.48. The van der Waals surface area contributed by atoms with E-state index in [1.807, 2.05) is 20.1 Å². The lowest BCUT2D eigenvalue weighted by Gasteiger charge is -2.34. The fraction of sp³-hybridized carbons (Fsp3) is 0.316. The standard InChI is InChI=1S/C19H19NO/c1-12(2)20-17-11-21-19-16-10-6-4-8-14(16)13-7-3-5-9-15(13)18(17)19/h3,5-7,9-11,13,15H,4,8H2,1-2H3. The predicted molar refractivity (Wildman–Crippen MR) is 87.0 cm³/mol. The summed E-state index contributed by atoms with van der Waals surface area (Å²) in [7, 11) is 0. The van der Waals surface area contributed by atoms with Crippen LogP contribution in [0.5, 0.6) is 0 Å². The van der Waals surface area contributed by atoms with Gasteiger partial charge >= 0.3 is 0 Å². The van der Waals surface area contributed by atoms with Crippen molar-refractivity contribution >= 4 is 17.0 Å². The number of hydrogen-bond donors (Lipinski definition) is 0. The Labute approximate surface area is 125 Å². The van der Waals surface area contributed by atoms with Crippen molar-refractivity contribution in [1.29, 1.82) is 0 Å². The summed E-state index contributed by atoms with van der Waals surface area (Å²) in [6.45, 7) is 4.06. The number of furan rings is 1. The molecular formula is C19H19NO. The van der Waals surface area contributed by atoms with Gasteiger partial charge in [0.1, 0.15) is 17.7 Å². The smallest absolute Gasteiger partial charge is 0.139 e. The monoisotopic (exact) mass is 277 g/mol. The van der Waals surface area contributed by atoms with E-state index in [-0.39, 0.29) is 0 Å². The second-order valence-electron chi connectivity index (χ2n) is 6.12. The van der Waals surface area contributed by atoms with Crippen LogP contribution >= 0.6 is 0 Å². The number of hydrogen-bond acceptors (Lipinski definition) is 2. The number of aliphatic imine (C=N–C) groups is 1. The first-order valence-corrected chi connectivity index (χ1v) is 7.64. The third kappa shape index (κ3) is 1.90. The highest BCUT2D eigenvalue weighted by Crippen LogP contribution is 2.52. The summed E-state index contributed by atoms with van der Waals surface area (Å²) in [5, 5.41) is 0. The molecule has 0 radical (unpaired) electrons. The summed E-state index contributed by atoms with van der Waals surface area (Å²) >= 11 is 0. The van der Waals surface area contributed by atoms with Crippen molar-refractivity contribution in [3.05, 3.63) is 59.6 Å². The molecule has 4 rings (SSSR count). The third-order valence-corrected chi connectivity index (χ3v) is 4.48. The van der Waals surface area contributed by atoms with Crippen molar-refractivity contribution in [3.8, 4) is 0 Å². The molecule has 0 aromatic carbocycles. The molecule has 0 bridgehead atoms. The van der Waals surface area contributed by atoms with Gasteiger partial charge in [-0.15, -0.1) is 0 Å². The van der Waals surface area contributed by atoms with Gasteiger partial charge in [-0.1, -0.05) is 42.0 Å². The lowest BCUT2D eigenvalue weighted by atomic mass is 9.69. The van der Waals surface area contributed by atoms with Crippen LogP contribution in [0.1, 0.15) is 43.9 Å². The molecule has 3 aliphatic rings. The van der Waals surface area contributed by atoms with E-state index in [1.165, 1.54) is 16.7 Å². The van der Waals surface area contributed by atoms with Crippen LogP contribution in [0.15, 0.2) is 57.7 Å². The van der Waals surface area contributed by atoms with Crippen molar-refractivity contribution in [2.45, 2.75) is 32.6 Å². The molecule has 0 fully saturated rings. The van der Waals surface area contributed by atoms with E-state index in [0.29, 0.717) is 11.8 Å². The van der Waals surface area contributed by atoms with Gasteiger partial charge in [-0.05, 0) is 26.7 Å². The Morgan fingerprint density at radius 1 is 1.19 bits per heavy atom. The van der Waals surface area contributed by atoms with Crippen LogP contribution in [-0.2, 0) is 0 Å². The fourth-order valence-electron chi connectivity index (χ4n) is 3.68. The van der Waals surface area contributed by atoms with Crippen molar-refractivity contribution in [2.24, 2.45) is 10.9 Å². The quantitative estimate of drug-likeness (QED) is 0.636. The van der Waals surface area contributed by atoms with E-state index in [0.717, 1.165) is 30.0 Å². The van der Waals surface area contributed by atoms with Gasteiger partial charge in [-0.25, -0.2) is 0 Å². The molecule has 0 N–H and O–H groups in total. The molecule has 0 spiro atoms. The summed E-state index contributed by atoms with van der Waals surface area (Å²) in [6, 6.07) is 0. The van der Waals surface area contributed by atoms with Gasteiger partial charge in [0.05, 0.1) is 0 Å². The molecule has 0 saturated heterocycles. The number of allylic oxidation sites excluding steroid dienone is 8. The predicted octanol–water partition coefficient (Wildman–Crippen LogP) is 5.33. The molecule has 1 aromatic rings. The van der Waals surface area contributed by atoms with Gasteiger partial charge in [0.25, 0.3) is 0 Å². The van der Waals surface area contributed by atoms with E-state index in [2.05, 4.69) is 41.4 Å². The largest absolute Gasteiger partial charge is 0.462 e. The maximum absolute atomic E-state index is 5.93. The summed E-state index contributed by atoms with van der Waals surface area (Å²) in [4.78, 5) is 4.68.